The van der Waals surface area contributed by atoms with Crippen LogP contribution >= 0.6 is 11.3 Å². The maximum Gasteiger partial charge on any atom is 0.143 e. The average Bonchev–Trinajstić information content (AvgIpc) is 4.03. The Labute approximate surface area is 361 Å². The van der Waals surface area contributed by atoms with Gasteiger partial charge in [0, 0.05) is 64.1 Å². The summed E-state index contributed by atoms with van der Waals surface area (Å²) in [6.45, 7) is 0. The van der Waals surface area contributed by atoms with Gasteiger partial charge in [-0.05, 0) is 71.6 Å². The second-order valence-corrected chi connectivity index (χ2v) is 17.0. The summed E-state index contributed by atoms with van der Waals surface area (Å²) in [6, 6.07) is 79.1. The molecule has 13 aromatic rings. The lowest BCUT2D eigenvalue weighted by Crippen LogP contribution is -2.11. The van der Waals surface area contributed by atoms with Gasteiger partial charge < -0.3 is 13.9 Å². The third kappa shape index (κ3) is 5.24. The van der Waals surface area contributed by atoms with Crippen LogP contribution < -0.4 is 4.90 Å². The van der Waals surface area contributed by atoms with Crippen LogP contribution in [0.4, 0.5) is 17.1 Å². The van der Waals surface area contributed by atoms with Crippen molar-refractivity contribution in [3.8, 4) is 27.9 Å². The standard InChI is InChI=1S/C58H36N2OS/c1-2-17-41-37(15-1)33-36-48-56-53(28-14-29-54(56)61-57(41)48)59(50-25-9-6-20-44(50)46-22-13-23-47-45-21-7-12-30-55(45)62-58(46)47)39-34-31-38(32-35-39)40-16-3-8-24-49(40)60-51-26-10-4-18-42(51)43-19-5-11-27-52(43)60/h1-36H. The summed E-state index contributed by atoms with van der Waals surface area (Å²) < 4.78 is 11.8. The molecule has 0 saturated carbocycles. The first-order chi connectivity index (χ1) is 30.8. The maximum absolute atomic E-state index is 6.79. The number of anilines is 3. The van der Waals surface area contributed by atoms with E-state index >= 15 is 0 Å². The number of aromatic nitrogens is 1. The summed E-state index contributed by atoms with van der Waals surface area (Å²) in [5, 5.41) is 9.54. The van der Waals surface area contributed by atoms with E-state index in [4.69, 9.17) is 4.42 Å². The first-order valence-corrected chi connectivity index (χ1v) is 21.9. The second kappa shape index (κ2) is 13.8. The van der Waals surface area contributed by atoms with Crippen LogP contribution in [0.25, 0.3) is 103 Å². The van der Waals surface area contributed by atoms with Gasteiger partial charge in [0.2, 0.25) is 0 Å². The van der Waals surface area contributed by atoms with Gasteiger partial charge in [-0.3, -0.25) is 0 Å². The molecule has 62 heavy (non-hydrogen) atoms. The molecular formula is C58H36N2OS. The highest BCUT2D eigenvalue weighted by Gasteiger charge is 2.24. The van der Waals surface area contributed by atoms with E-state index in [1.165, 1.54) is 58.7 Å². The Bertz CT molecular complexity index is 3830. The van der Waals surface area contributed by atoms with Crippen LogP contribution in [0.3, 0.4) is 0 Å². The van der Waals surface area contributed by atoms with E-state index in [2.05, 4.69) is 228 Å². The summed E-state index contributed by atoms with van der Waals surface area (Å²) in [7, 11) is 0. The van der Waals surface area contributed by atoms with Crippen LogP contribution in [0.5, 0.6) is 0 Å². The zero-order chi connectivity index (χ0) is 40.7. The van der Waals surface area contributed by atoms with Crippen molar-refractivity contribution in [2.45, 2.75) is 0 Å². The largest absolute Gasteiger partial charge is 0.455 e. The number of para-hydroxylation sites is 4. The van der Waals surface area contributed by atoms with Gasteiger partial charge in [0.15, 0.2) is 0 Å². The summed E-state index contributed by atoms with van der Waals surface area (Å²) in [4.78, 5) is 2.44. The molecule has 0 atom stereocenters. The number of hydrogen-bond acceptors (Lipinski definition) is 3. The normalized spacial score (nSPS) is 11.9. The Morgan fingerprint density at radius 2 is 1.02 bits per heavy atom. The third-order valence-corrected chi connectivity index (χ3v) is 13.8. The maximum atomic E-state index is 6.79. The smallest absolute Gasteiger partial charge is 0.143 e. The van der Waals surface area contributed by atoms with Gasteiger partial charge in [-0.25, -0.2) is 0 Å². The molecule has 3 heterocycles. The van der Waals surface area contributed by atoms with Crippen LogP contribution in [0.2, 0.25) is 0 Å². The summed E-state index contributed by atoms with van der Waals surface area (Å²) in [5.41, 5.74) is 13.2. The molecule has 0 bridgehead atoms. The second-order valence-electron chi connectivity index (χ2n) is 16.0. The van der Waals surface area contributed by atoms with Crippen molar-refractivity contribution in [3.63, 3.8) is 0 Å². The molecule has 13 rings (SSSR count). The van der Waals surface area contributed by atoms with E-state index in [0.717, 1.165) is 61.0 Å². The first-order valence-electron chi connectivity index (χ1n) is 21.1. The molecule has 0 aliphatic heterocycles. The van der Waals surface area contributed by atoms with Crippen LogP contribution in [-0.2, 0) is 0 Å². The fourth-order valence-electron chi connectivity index (χ4n) is 9.87. The summed E-state index contributed by atoms with van der Waals surface area (Å²) in [5.74, 6) is 0. The quantitative estimate of drug-likeness (QED) is 0.167. The fraction of sp³-hybridized carbons (Fsp3) is 0. The minimum atomic E-state index is 0.861. The van der Waals surface area contributed by atoms with E-state index in [9.17, 15) is 0 Å². The number of fused-ring (bicyclic) bond motifs is 11. The van der Waals surface area contributed by atoms with Crippen LogP contribution in [-0.4, -0.2) is 4.57 Å². The number of nitrogens with zero attached hydrogens (tertiary/aromatic N) is 2. The molecule has 0 fully saturated rings. The molecule has 3 aromatic heterocycles. The zero-order valence-corrected chi connectivity index (χ0v) is 34.3. The zero-order valence-electron chi connectivity index (χ0n) is 33.5. The molecule has 0 saturated heterocycles. The Morgan fingerprint density at radius 1 is 0.403 bits per heavy atom. The number of thiophene rings is 1. The third-order valence-electron chi connectivity index (χ3n) is 12.6. The molecule has 290 valence electrons. The molecule has 0 aliphatic rings. The predicted octanol–water partition coefficient (Wildman–Crippen LogP) is 17.0. The fourth-order valence-corrected chi connectivity index (χ4v) is 11.1. The van der Waals surface area contributed by atoms with E-state index in [1.807, 2.05) is 11.3 Å². The Balaban J connectivity index is 1.04. The van der Waals surface area contributed by atoms with Gasteiger partial charge in [-0.15, -0.1) is 11.3 Å². The average molecular weight is 809 g/mol. The van der Waals surface area contributed by atoms with Crippen LogP contribution in [0, 0.1) is 0 Å². The molecule has 10 aromatic carbocycles. The molecule has 0 radical (unpaired) electrons. The minimum absolute atomic E-state index is 0.861. The van der Waals surface area contributed by atoms with Crippen molar-refractivity contribution in [2.75, 3.05) is 4.90 Å². The van der Waals surface area contributed by atoms with Crippen molar-refractivity contribution < 1.29 is 4.42 Å². The SMILES string of the molecule is c1ccc(N(c2ccc(-c3ccccc3-n3c4ccccc4c4ccccc43)cc2)c2cccc3oc4c5ccccc5ccc4c23)c(-c2cccc3c2sc2ccccc23)c1. The van der Waals surface area contributed by atoms with Gasteiger partial charge >= 0.3 is 0 Å². The molecule has 0 spiro atoms. The van der Waals surface area contributed by atoms with Crippen LogP contribution in [0.1, 0.15) is 0 Å². The topological polar surface area (TPSA) is 21.3 Å². The minimum Gasteiger partial charge on any atom is -0.455 e. The Morgan fingerprint density at radius 3 is 1.84 bits per heavy atom. The molecule has 3 nitrogen and oxygen atoms in total. The highest BCUT2D eigenvalue weighted by Crippen LogP contribution is 2.49. The van der Waals surface area contributed by atoms with E-state index < -0.39 is 0 Å². The highest BCUT2D eigenvalue weighted by molar-refractivity contribution is 7.26. The lowest BCUT2D eigenvalue weighted by atomic mass is 9.98. The summed E-state index contributed by atoms with van der Waals surface area (Å²) >= 11 is 1.87. The van der Waals surface area contributed by atoms with Crippen molar-refractivity contribution in [3.05, 3.63) is 218 Å². The monoisotopic (exact) mass is 808 g/mol. The number of benzene rings is 10. The highest BCUT2D eigenvalue weighted by atomic mass is 32.1. The van der Waals surface area contributed by atoms with Gasteiger partial charge in [0.25, 0.3) is 0 Å². The van der Waals surface area contributed by atoms with E-state index in [0.29, 0.717) is 0 Å². The number of hydrogen-bond donors (Lipinski definition) is 0. The lowest BCUT2D eigenvalue weighted by molar-refractivity contribution is 0.672. The van der Waals surface area contributed by atoms with Crippen molar-refractivity contribution >= 4 is 103 Å². The molecule has 0 aliphatic carbocycles. The molecule has 0 amide bonds. The number of rotatable bonds is 6. The van der Waals surface area contributed by atoms with E-state index in [1.54, 1.807) is 0 Å². The summed E-state index contributed by atoms with van der Waals surface area (Å²) in [6.07, 6.45) is 0. The Hall–Kier alpha value is -7.92. The van der Waals surface area contributed by atoms with Crippen molar-refractivity contribution in [1.82, 2.24) is 4.57 Å². The number of furan rings is 1. The van der Waals surface area contributed by atoms with Crippen molar-refractivity contribution in [1.29, 1.82) is 0 Å². The van der Waals surface area contributed by atoms with Gasteiger partial charge in [-0.2, -0.15) is 0 Å². The Kier molecular flexibility index (Phi) is 7.78. The van der Waals surface area contributed by atoms with Gasteiger partial charge in [0.05, 0.1) is 33.5 Å². The molecule has 4 heteroatoms. The van der Waals surface area contributed by atoms with Gasteiger partial charge in [-0.1, -0.05) is 158 Å². The van der Waals surface area contributed by atoms with Gasteiger partial charge in [0.1, 0.15) is 11.2 Å². The molecule has 0 unspecified atom stereocenters. The van der Waals surface area contributed by atoms with Crippen LogP contribution in [0.15, 0.2) is 223 Å². The predicted molar refractivity (Wildman–Crippen MR) is 264 cm³/mol. The van der Waals surface area contributed by atoms with Crippen molar-refractivity contribution in [2.24, 2.45) is 0 Å². The lowest BCUT2D eigenvalue weighted by Gasteiger charge is -2.29. The van der Waals surface area contributed by atoms with E-state index in [-0.39, 0.29) is 0 Å². The first kappa shape index (κ1) is 34.9. The molecular weight excluding hydrogens is 773 g/mol. The molecule has 0 N–H and O–H groups in total.